The number of piperidine rings is 1. The van der Waals surface area contributed by atoms with Crippen molar-refractivity contribution in [3.63, 3.8) is 0 Å². The van der Waals surface area contributed by atoms with Crippen molar-refractivity contribution in [3.8, 4) is 0 Å². The smallest absolute Gasteiger partial charge is 0.409 e. The number of hydrogen-bond acceptors (Lipinski definition) is 5. The fraction of sp³-hybridized carbons (Fsp3) is 0.583. The molecule has 1 heterocycles. The molecule has 2 rings (SSSR count). The van der Waals surface area contributed by atoms with E-state index in [0.29, 0.717) is 45.5 Å². The third kappa shape index (κ3) is 8.64. The van der Waals surface area contributed by atoms with Crippen LogP contribution in [0.25, 0.3) is 0 Å². The molecule has 10 heteroatoms. The summed E-state index contributed by atoms with van der Waals surface area (Å²) in [6, 6.07) is 4.36. The molecule has 34 heavy (non-hydrogen) atoms. The number of likely N-dealkylation sites (tertiary alicyclic amines) is 1. The summed E-state index contributed by atoms with van der Waals surface area (Å²) in [5.41, 5.74) is 0.268. The van der Waals surface area contributed by atoms with Crippen LogP contribution in [0.3, 0.4) is 0 Å². The van der Waals surface area contributed by atoms with Crippen LogP contribution in [-0.4, -0.2) is 67.0 Å². The molecule has 0 radical (unpaired) electrons. The number of rotatable bonds is 10. The SMILES string of the molecule is CCOC(=O)N1CCC(NC(=O)CCCNC(=O)C(NC(=O)c2ccc(F)cc2)C(C)C)CC1. The Bertz CT molecular complexity index is 838. The Labute approximate surface area is 199 Å². The van der Waals surface area contributed by atoms with Crippen molar-refractivity contribution < 1.29 is 28.3 Å². The van der Waals surface area contributed by atoms with Crippen LogP contribution in [0.5, 0.6) is 0 Å². The summed E-state index contributed by atoms with van der Waals surface area (Å²) in [7, 11) is 0. The third-order valence-corrected chi connectivity index (χ3v) is 5.61. The molecule has 1 aromatic carbocycles. The molecule has 0 aromatic heterocycles. The first-order valence-electron chi connectivity index (χ1n) is 11.8. The minimum Gasteiger partial charge on any atom is -0.450 e. The molecular formula is C24H35FN4O5. The van der Waals surface area contributed by atoms with Gasteiger partial charge in [0.2, 0.25) is 11.8 Å². The quantitative estimate of drug-likeness (QED) is 0.446. The van der Waals surface area contributed by atoms with E-state index >= 15 is 0 Å². The van der Waals surface area contributed by atoms with Crippen molar-refractivity contribution in [2.24, 2.45) is 5.92 Å². The van der Waals surface area contributed by atoms with Gasteiger partial charge in [-0.15, -0.1) is 0 Å². The highest BCUT2D eigenvalue weighted by Gasteiger charge is 2.26. The zero-order valence-electron chi connectivity index (χ0n) is 20.1. The minimum absolute atomic E-state index is 0.0137. The number of halogens is 1. The van der Waals surface area contributed by atoms with E-state index in [2.05, 4.69) is 16.0 Å². The van der Waals surface area contributed by atoms with E-state index in [-0.39, 0.29) is 41.9 Å². The fourth-order valence-corrected chi connectivity index (χ4v) is 3.65. The van der Waals surface area contributed by atoms with Crippen LogP contribution in [0.15, 0.2) is 24.3 Å². The van der Waals surface area contributed by atoms with Gasteiger partial charge in [0.25, 0.3) is 5.91 Å². The highest BCUT2D eigenvalue weighted by Crippen LogP contribution is 2.12. The minimum atomic E-state index is -0.754. The van der Waals surface area contributed by atoms with Crippen LogP contribution in [0.1, 0.15) is 56.8 Å². The maximum Gasteiger partial charge on any atom is 0.409 e. The molecule has 1 atom stereocenters. The van der Waals surface area contributed by atoms with Crippen LogP contribution in [0, 0.1) is 11.7 Å². The van der Waals surface area contributed by atoms with E-state index in [1.54, 1.807) is 11.8 Å². The van der Waals surface area contributed by atoms with Gasteiger partial charge in [-0.3, -0.25) is 14.4 Å². The van der Waals surface area contributed by atoms with E-state index in [4.69, 9.17) is 4.74 Å². The van der Waals surface area contributed by atoms with Crippen LogP contribution in [-0.2, 0) is 14.3 Å². The number of hydrogen-bond donors (Lipinski definition) is 3. The van der Waals surface area contributed by atoms with E-state index < -0.39 is 17.8 Å². The predicted molar refractivity (Wildman–Crippen MR) is 124 cm³/mol. The second kappa shape index (κ2) is 13.5. The second-order valence-electron chi connectivity index (χ2n) is 8.62. The molecule has 1 unspecified atom stereocenters. The lowest BCUT2D eigenvalue weighted by Gasteiger charge is -2.31. The molecule has 188 valence electrons. The van der Waals surface area contributed by atoms with Gasteiger partial charge in [-0.05, 0) is 56.4 Å². The van der Waals surface area contributed by atoms with E-state index in [0.717, 1.165) is 0 Å². The number of ether oxygens (including phenoxy) is 1. The molecule has 0 aliphatic carbocycles. The van der Waals surface area contributed by atoms with Crippen LogP contribution < -0.4 is 16.0 Å². The normalized spacial score (nSPS) is 14.9. The van der Waals surface area contributed by atoms with E-state index in [9.17, 15) is 23.6 Å². The second-order valence-corrected chi connectivity index (χ2v) is 8.62. The van der Waals surface area contributed by atoms with Crippen molar-refractivity contribution in [1.82, 2.24) is 20.9 Å². The van der Waals surface area contributed by atoms with Crippen LogP contribution in [0.2, 0.25) is 0 Å². The molecule has 1 aromatic rings. The van der Waals surface area contributed by atoms with Crippen LogP contribution in [0.4, 0.5) is 9.18 Å². The maximum atomic E-state index is 13.1. The predicted octanol–water partition coefficient (Wildman–Crippen LogP) is 2.21. The van der Waals surface area contributed by atoms with E-state index in [1.165, 1.54) is 24.3 Å². The average molecular weight is 479 g/mol. The number of amides is 4. The third-order valence-electron chi connectivity index (χ3n) is 5.61. The molecule has 3 N–H and O–H groups in total. The molecule has 0 spiro atoms. The Morgan fingerprint density at radius 3 is 2.35 bits per heavy atom. The Morgan fingerprint density at radius 2 is 1.76 bits per heavy atom. The first kappa shape index (κ1) is 27.1. The first-order chi connectivity index (χ1) is 16.2. The molecule has 4 amide bonds. The maximum absolute atomic E-state index is 13.1. The van der Waals surface area contributed by atoms with Crippen molar-refractivity contribution in [2.75, 3.05) is 26.2 Å². The summed E-state index contributed by atoms with van der Waals surface area (Å²) in [6.07, 6.45) is 1.73. The van der Waals surface area contributed by atoms with Gasteiger partial charge in [-0.1, -0.05) is 13.8 Å². The standard InChI is InChI=1S/C24H35FN4O5/c1-4-34-24(33)29-14-11-19(12-15-29)27-20(30)6-5-13-26-23(32)21(16(2)3)28-22(31)17-7-9-18(25)10-8-17/h7-10,16,19,21H,4-6,11-15H2,1-3H3,(H,26,32)(H,27,30)(H,28,31). The zero-order chi connectivity index (χ0) is 25.1. The molecule has 0 saturated carbocycles. The number of benzene rings is 1. The highest BCUT2D eigenvalue weighted by atomic mass is 19.1. The number of nitrogens with zero attached hydrogens (tertiary/aromatic N) is 1. The van der Waals surface area contributed by atoms with Gasteiger partial charge in [-0.25, -0.2) is 9.18 Å². The van der Waals surface area contributed by atoms with Crippen LogP contribution >= 0.6 is 0 Å². The summed E-state index contributed by atoms with van der Waals surface area (Å²) < 4.78 is 18.0. The average Bonchev–Trinajstić information content (AvgIpc) is 2.80. The monoisotopic (exact) mass is 478 g/mol. The van der Waals surface area contributed by atoms with Gasteiger partial charge in [0.05, 0.1) is 6.61 Å². The van der Waals surface area contributed by atoms with Gasteiger partial charge in [0.1, 0.15) is 11.9 Å². The lowest BCUT2D eigenvalue weighted by Crippen LogP contribution is -2.50. The van der Waals surface area contributed by atoms with Crippen molar-refractivity contribution in [1.29, 1.82) is 0 Å². The number of carbonyl (C=O) groups excluding carboxylic acids is 4. The number of carbonyl (C=O) groups is 4. The molecule has 0 bridgehead atoms. The summed E-state index contributed by atoms with van der Waals surface area (Å²) in [6.45, 7) is 7.11. The first-order valence-corrected chi connectivity index (χ1v) is 11.8. The fourth-order valence-electron chi connectivity index (χ4n) is 3.65. The molecule has 1 saturated heterocycles. The van der Waals surface area contributed by atoms with E-state index in [1.807, 2.05) is 13.8 Å². The molecular weight excluding hydrogens is 443 g/mol. The zero-order valence-corrected chi connectivity index (χ0v) is 20.1. The van der Waals surface area contributed by atoms with Gasteiger partial charge in [0, 0.05) is 37.7 Å². The highest BCUT2D eigenvalue weighted by molar-refractivity contribution is 5.97. The Hall–Kier alpha value is -3.17. The topological polar surface area (TPSA) is 117 Å². The Morgan fingerprint density at radius 1 is 1.12 bits per heavy atom. The van der Waals surface area contributed by atoms with Crippen molar-refractivity contribution in [3.05, 3.63) is 35.6 Å². The van der Waals surface area contributed by atoms with Crippen molar-refractivity contribution >= 4 is 23.8 Å². The van der Waals surface area contributed by atoms with Crippen molar-refractivity contribution in [2.45, 2.75) is 58.5 Å². The summed E-state index contributed by atoms with van der Waals surface area (Å²) >= 11 is 0. The van der Waals surface area contributed by atoms with Gasteiger partial charge >= 0.3 is 6.09 Å². The molecule has 1 aliphatic rings. The molecule has 1 aliphatic heterocycles. The van der Waals surface area contributed by atoms with Gasteiger partial charge < -0.3 is 25.6 Å². The summed E-state index contributed by atoms with van der Waals surface area (Å²) in [4.78, 5) is 50.6. The van der Waals surface area contributed by atoms with Gasteiger partial charge in [-0.2, -0.15) is 0 Å². The molecule has 9 nitrogen and oxygen atoms in total. The lowest BCUT2D eigenvalue weighted by molar-refractivity contribution is -0.125. The Kier molecular flexibility index (Phi) is 10.8. The number of nitrogens with one attached hydrogen (secondary N) is 3. The van der Waals surface area contributed by atoms with Gasteiger partial charge in [0.15, 0.2) is 0 Å². The lowest BCUT2D eigenvalue weighted by atomic mass is 10.0. The Balaban J connectivity index is 1.68. The summed E-state index contributed by atoms with van der Waals surface area (Å²) in [5, 5.41) is 8.43. The molecule has 1 fully saturated rings. The largest absolute Gasteiger partial charge is 0.450 e. The summed E-state index contributed by atoms with van der Waals surface area (Å²) in [5.74, 6) is -1.50.